The van der Waals surface area contributed by atoms with Crippen molar-refractivity contribution in [2.24, 2.45) is 0 Å². The van der Waals surface area contributed by atoms with Crippen LogP contribution in [0.15, 0.2) is 30.3 Å². The molecule has 0 unspecified atom stereocenters. The summed E-state index contributed by atoms with van der Waals surface area (Å²) >= 11 is 0. The van der Waals surface area contributed by atoms with Gasteiger partial charge in [0.05, 0.1) is 21.1 Å². The molecule has 102 valence electrons. The van der Waals surface area contributed by atoms with E-state index >= 15 is 0 Å². The van der Waals surface area contributed by atoms with E-state index in [1.165, 1.54) is 5.69 Å². The van der Waals surface area contributed by atoms with E-state index in [9.17, 15) is 0 Å². The van der Waals surface area contributed by atoms with Crippen molar-refractivity contribution in [3.63, 3.8) is 0 Å². The number of quaternary nitrogens is 1. The average Bonchev–Trinajstić information content (AvgIpc) is 2.16. The van der Waals surface area contributed by atoms with Gasteiger partial charge in [-0.15, -0.1) is 0 Å². The van der Waals surface area contributed by atoms with Crippen LogP contribution in [-0.4, -0.2) is 53.9 Å². The van der Waals surface area contributed by atoms with E-state index in [4.69, 9.17) is 30.0 Å². The predicted molar refractivity (Wildman–Crippen MR) is 67.3 cm³/mol. The van der Waals surface area contributed by atoms with Gasteiger partial charge in [0.1, 0.15) is 5.69 Å². The molecule has 0 aliphatic carbocycles. The van der Waals surface area contributed by atoms with E-state index in [0.717, 1.165) is 4.48 Å². The maximum Gasteiger partial charge on any atom is 0.503 e. The molecule has 0 saturated heterocycles. The van der Waals surface area contributed by atoms with E-state index in [1.807, 2.05) is 6.07 Å². The van der Waals surface area contributed by atoms with Crippen LogP contribution in [0.25, 0.3) is 0 Å². The third kappa shape index (κ3) is 16.2. The molecule has 18 heavy (non-hydrogen) atoms. The molecule has 0 saturated carbocycles. The van der Waals surface area contributed by atoms with E-state index in [-0.39, 0.29) is 0 Å². The second-order valence-electron chi connectivity index (χ2n) is 3.91. The molecule has 1 aromatic carbocycles. The molecule has 0 spiro atoms. The average molecular weight is 260 g/mol. The van der Waals surface area contributed by atoms with Crippen molar-refractivity contribution in [2.75, 3.05) is 21.1 Å². The Labute approximate surface area is 105 Å². The van der Waals surface area contributed by atoms with Gasteiger partial charge >= 0.3 is 12.3 Å². The van der Waals surface area contributed by atoms with Gasteiger partial charge in [0.25, 0.3) is 0 Å². The number of hydrogen-bond donors (Lipinski definition) is 4. The van der Waals surface area contributed by atoms with E-state index in [0.29, 0.717) is 0 Å². The van der Waals surface area contributed by atoms with Gasteiger partial charge in [-0.25, -0.2) is 9.59 Å². The molecule has 1 rings (SSSR count). The van der Waals surface area contributed by atoms with Crippen LogP contribution in [0.3, 0.4) is 0 Å². The lowest BCUT2D eigenvalue weighted by Gasteiger charge is -2.22. The summed E-state index contributed by atoms with van der Waals surface area (Å²) in [6, 6.07) is 10.5. The summed E-state index contributed by atoms with van der Waals surface area (Å²) < 4.78 is 0.890. The summed E-state index contributed by atoms with van der Waals surface area (Å²) in [4.78, 5) is 17.1. The number of benzene rings is 1. The van der Waals surface area contributed by atoms with Gasteiger partial charge in [-0.2, -0.15) is 0 Å². The van der Waals surface area contributed by atoms with Crippen molar-refractivity contribution in [1.82, 2.24) is 4.48 Å². The summed E-state index contributed by atoms with van der Waals surface area (Å²) in [6.45, 7) is 0. The summed E-state index contributed by atoms with van der Waals surface area (Å²) in [5, 5.41) is 27.9. The molecule has 0 radical (unpaired) electrons. The zero-order valence-electron chi connectivity index (χ0n) is 10.4. The van der Waals surface area contributed by atoms with Gasteiger partial charge in [-0.1, -0.05) is 18.2 Å². The molecule has 4 N–H and O–H groups in total. The van der Waals surface area contributed by atoms with Crippen LogP contribution < -0.4 is 4.48 Å². The Bertz CT molecular complexity index is 338. The molecule has 0 atom stereocenters. The highest BCUT2D eigenvalue weighted by Gasteiger charge is 2.08. The maximum absolute atomic E-state index is 8.56. The highest BCUT2D eigenvalue weighted by atomic mass is 16.6. The summed E-state index contributed by atoms with van der Waals surface area (Å²) in [7, 11) is 6.49. The Balaban J connectivity index is 0. The molecular formula is C11H18NO6+. The minimum absolute atomic E-state index is 0.890. The van der Waals surface area contributed by atoms with Gasteiger partial charge in [0.15, 0.2) is 0 Å². The smallest absolute Gasteiger partial charge is 0.450 e. The minimum atomic E-state index is -1.83. The predicted octanol–water partition coefficient (Wildman–Crippen LogP) is 2.33. The first-order valence-corrected chi connectivity index (χ1v) is 4.78. The number of hydrogen-bond acceptors (Lipinski definition) is 2. The number of carbonyl (C=O) groups is 2. The van der Waals surface area contributed by atoms with Crippen molar-refractivity contribution in [1.29, 1.82) is 0 Å². The van der Waals surface area contributed by atoms with Crippen molar-refractivity contribution in [2.45, 2.75) is 0 Å². The second kappa shape index (κ2) is 8.82. The largest absolute Gasteiger partial charge is 0.503 e. The Hall–Kier alpha value is -2.28. The Morgan fingerprint density at radius 3 is 1.28 bits per heavy atom. The normalized spacial score (nSPS) is 9.06. The molecule has 0 aliphatic rings. The number of para-hydroxylation sites is 1. The zero-order valence-corrected chi connectivity index (χ0v) is 10.4. The topological polar surface area (TPSA) is 115 Å². The van der Waals surface area contributed by atoms with Gasteiger partial charge in [-0.05, 0) is 12.1 Å². The van der Waals surface area contributed by atoms with E-state index < -0.39 is 12.3 Å². The Kier molecular flexibility index (Phi) is 8.87. The van der Waals surface area contributed by atoms with Crippen molar-refractivity contribution in [3.05, 3.63) is 30.3 Å². The first kappa shape index (κ1) is 18.1. The maximum atomic E-state index is 8.56. The monoisotopic (exact) mass is 260 g/mol. The standard InChI is InChI=1S/C9H14N.2CH2O3/c1-10(2,3)9-7-5-4-6-8-9;2*2-1(3)4/h4-8H,1-3H3;2*(H2,2,3,4)/q+1;;. The number of carboxylic acid groups (broad SMARTS) is 4. The third-order valence-electron chi connectivity index (χ3n) is 1.53. The summed E-state index contributed by atoms with van der Waals surface area (Å²) in [5.74, 6) is 0. The molecule has 7 nitrogen and oxygen atoms in total. The van der Waals surface area contributed by atoms with Gasteiger partial charge in [0, 0.05) is 0 Å². The Morgan fingerprint density at radius 2 is 1.11 bits per heavy atom. The van der Waals surface area contributed by atoms with Crippen LogP contribution in [0.2, 0.25) is 0 Å². The minimum Gasteiger partial charge on any atom is -0.450 e. The SMILES string of the molecule is C[N+](C)(C)c1ccccc1.O=C(O)O.O=C(O)O. The van der Waals surface area contributed by atoms with Crippen LogP contribution >= 0.6 is 0 Å². The lowest BCUT2D eigenvalue weighted by atomic mass is 10.3. The van der Waals surface area contributed by atoms with Crippen molar-refractivity contribution >= 4 is 18.0 Å². The summed E-state index contributed by atoms with van der Waals surface area (Å²) in [5.41, 5.74) is 1.34. The number of rotatable bonds is 1. The molecule has 0 bridgehead atoms. The molecule has 0 fully saturated rings. The van der Waals surface area contributed by atoms with Crippen LogP contribution in [0.1, 0.15) is 0 Å². The molecule has 0 aromatic heterocycles. The van der Waals surface area contributed by atoms with Crippen molar-refractivity contribution < 1.29 is 30.0 Å². The van der Waals surface area contributed by atoms with Crippen LogP contribution in [0.5, 0.6) is 0 Å². The van der Waals surface area contributed by atoms with Crippen molar-refractivity contribution in [3.8, 4) is 0 Å². The fraction of sp³-hybridized carbons (Fsp3) is 0.273. The molecule has 1 aromatic rings. The fourth-order valence-electron chi connectivity index (χ4n) is 0.875. The molecule has 0 heterocycles. The quantitative estimate of drug-likeness (QED) is 0.576. The lowest BCUT2D eigenvalue weighted by molar-refractivity contribution is 0.135. The summed E-state index contributed by atoms with van der Waals surface area (Å²) in [6.07, 6.45) is -3.67. The van der Waals surface area contributed by atoms with Crippen LogP contribution in [0.4, 0.5) is 15.3 Å². The fourth-order valence-corrected chi connectivity index (χ4v) is 0.875. The first-order valence-electron chi connectivity index (χ1n) is 4.78. The van der Waals surface area contributed by atoms with Gasteiger partial charge < -0.3 is 20.4 Å². The second-order valence-corrected chi connectivity index (χ2v) is 3.91. The van der Waals surface area contributed by atoms with Crippen LogP contribution in [0, 0.1) is 0 Å². The van der Waals surface area contributed by atoms with Gasteiger partial charge in [-0.3, -0.25) is 4.48 Å². The highest BCUT2D eigenvalue weighted by molar-refractivity contribution is 5.53. The Morgan fingerprint density at radius 1 is 0.833 bits per heavy atom. The third-order valence-corrected chi connectivity index (χ3v) is 1.53. The van der Waals surface area contributed by atoms with E-state index in [2.05, 4.69) is 45.4 Å². The van der Waals surface area contributed by atoms with Crippen LogP contribution in [-0.2, 0) is 0 Å². The molecule has 0 amide bonds. The first-order chi connectivity index (χ1) is 8.07. The highest BCUT2D eigenvalue weighted by Crippen LogP contribution is 2.14. The zero-order chi connectivity index (χ0) is 14.8. The number of nitrogens with zero attached hydrogens (tertiary/aromatic N) is 1. The molecule has 7 heteroatoms. The lowest BCUT2D eigenvalue weighted by Crippen LogP contribution is -2.34. The molecular weight excluding hydrogens is 242 g/mol. The van der Waals surface area contributed by atoms with Gasteiger partial charge in [0.2, 0.25) is 0 Å². The van der Waals surface area contributed by atoms with E-state index in [1.54, 1.807) is 0 Å². The molecule has 0 aliphatic heterocycles.